The summed E-state index contributed by atoms with van der Waals surface area (Å²) in [5.41, 5.74) is 11.5. The molecule has 4 heteroatoms. The van der Waals surface area contributed by atoms with Gasteiger partial charge >= 0.3 is 11.9 Å². The molecule has 0 saturated carbocycles. The first-order chi connectivity index (χ1) is 17.7. The van der Waals surface area contributed by atoms with E-state index in [1.165, 1.54) is 47.2 Å². The fourth-order valence-electron chi connectivity index (χ4n) is 5.92. The predicted molar refractivity (Wildman–Crippen MR) is 151 cm³/mol. The average molecular weight is 511 g/mol. The van der Waals surface area contributed by atoms with E-state index in [2.05, 4.69) is 90.1 Å². The number of hydrogen-bond donors (Lipinski definition) is 0. The number of rotatable bonds is 2. The predicted octanol–water partition coefficient (Wildman–Crippen LogP) is 7.94. The first kappa shape index (κ1) is 26.2. The van der Waals surface area contributed by atoms with Crippen molar-refractivity contribution < 1.29 is 19.1 Å². The van der Waals surface area contributed by atoms with Gasteiger partial charge in [-0.3, -0.25) is 9.59 Å². The second-order valence-corrected chi connectivity index (χ2v) is 12.8. The van der Waals surface area contributed by atoms with Crippen molar-refractivity contribution >= 4 is 11.9 Å². The number of ether oxygens (including phenoxy) is 2. The van der Waals surface area contributed by atoms with Crippen LogP contribution in [-0.4, -0.2) is 11.9 Å². The van der Waals surface area contributed by atoms with Gasteiger partial charge < -0.3 is 9.47 Å². The Labute approximate surface area is 226 Å². The molecule has 0 aliphatic heterocycles. The highest BCUT2D eigenvalue weighted by molar-refractivity contribution is 5.93. The van der Waals surface area contributed by atoms with Crippen molar-refractivity contribution in [1.29, 1.82) is 0 Å². The van der Waals surface area contributed by atoms with Crippen LogP contribution in [0.5, 0.6) is 0 Å². The first-order valence-corrected chi connectivity index (χ1v) is 13.5. The maximum atomic E-state index is 12.1. The molecule has 0 saturated heterocycles. The van der Waals surface area contributed by atoms with Crippen LogP contribution >= 0.6 is 0 Å². The Morgan fingerprint density at radius 2 is 1.00 bits per heavy atom. The van der Waals surface area contributed by atoms with Gasteiger partial charge in [0.25, 0.3) is 0 Å². The minimum absolute atomic E-state index is 0.0284. The van der Waals surface area contributed by atoms with E-state index >= 15 is 0 Å². The molecule has 2 aliphatic rings. The number of carbonyl (C=O) groups excluding carboxylic acids is 2. The molecule has 2 aliphatic carbocycles. The van der Waals surface area contributed by atoms with Crippen LogP contribution in [0.2, 0.25) is 0 Å². The third kappa shape index (κ3) is 4.66. The summed E-state index contributed by atoms with van der Waals surface area (Å²) in [6, 6.07) is 17.6. The SMILES string of the molecule is CC(=O)OC1Cc2ccc3c(c2-c2ccc(C(C)(C)C)cc21)-c1ccc(C(C)(C)C)cc1C(OC(C)=O)C3. The van der Waals surface area contributed by atoms with Crippen molar-refractivity contribution in [3.05, 3.63) is 81.9 Å². The van der Waals surface area contributed by atoms with Gasteiger partial charge in [0.2, 0.25) is 0 Å². The summed E-state index contributed by atoms with van der Waals surface area (Å²) in [7, 11) is 0. The van der Waals surface area contributed by atoms with Crippen LogP contribution in [0.4, 0.5) is 0 Å². The van der Waals surface area contributed by atoms with Crippen LogP contribution in [0.3, 0.4) is 0 Å². The van der Waals surface area contributed by atoms with E-state index < -0.39 is 0 Å². The second-order valence-electron chi connectivity index (χ2n) is 12.8. The fourth-order valence-corrected chi connectivity index (χ4v) is 5.92. The van der Waals surface area contributed by atoms with Crippen LogP contribution in [-0.2, 0) is 42.7 Å². The third-order valence-electron chi connectivity index (χ3n) is 7.87. The van der Waals surface area contributed by atoms with E-state index in [0.29, 0.717) is 12.8 Å². The van der Waals surface area contributed by atoms with E-state index in [1.54, 1.807) is 0 Å². The zero-order valence-corrected chi connectivity index (χ0v) is 23.8. The molecular formula is C34H38O4. The van der Waals surface area contributed by atoms with Crippen LogP contribution < -0.4 is 0 Å². The lowest BCUT2D eigenvalue weighted by atomic mass is 9.72. The minimum atomic E-state index is -0.324. The molecular weight excluding hydrogens is 472 g/mol. The highest BCUT2D eigenvalue weighted by atomic mass is 16.5. The molecule has 0 N–H and O–H groups in total. The van der Waals surface area contributed by atoms with Crippen molar-refractivity contribution in [2.75, 3.05) is 0 Å². The van der Waals surface area contributed by atoms with E-state index in [-0.39, 0.29) is 35.0 Å². The molecule has 0 heterocycles. The molecule has 3 aromatic rings. The van der Waals surface area contributed by atoms with Gasteiger partial charge in [0.15, 0.2) is 0 Å². The van der Waals surface area contributed by atoms with Crippen LogP contribution in [0.1, 0.15) is 101 Å². The van der Waals surface area contributed by atoms with Crippen molar-refractivity contribution in [3.8, 4) is 22.3 Å². The van der Waals surface area contributed by atoms with Gasteiger partial charge in [-0.15, -0.1) is 0 Å². The molecule has 0 spiro atoms. The highest BCUT2D eigenvalue weighted by Crippen LogP contribution is 2.51. The Morgan fingerprint density at radius 3 is 1.32 bits per heavy atom. The molecule has 0 bridgehead atoms. The zero-order chi connectivity index (χ0) is 27.6. The number of benzene rings is 3. The first-order valence-electron chi connectivity index (χ1n) is 13.5. The van der Waals surface area contributed by atoms with E-state index in [0.717, 1.165) is 22.3 Å². The molecule has 0 amide bonds. The normalized spacial score (nSPS) is 18.0. The van der Waals surface area contributed by atoms with Gasteiger partial charge in [-0.05, 0) is 55.3 Å². The lowest BCUT2D eigenvalue weighted by Crippen LogP contribution is -2.22. The summed E-state index contributed by atoms with van der Waals surface area (Å²) < 4.78 is 11.7. The van der Waals surface area contributed by atoms with Gasteiger partial charge in [0.1, 0.15) is 12.2 Å². The topological polar surface area (TPSA) is 52.6 Å². The lowest BCUT2D eigenvalue weighted by Gasteiger charge is -2.35. The molecule has 3 aromatic carbocycles. The molecule has 38 heavy (non-hydrogen) atoms. The smallest absolute Gasteiger partial charge is 0.303 e. The number of hydrogen-bond acceptors (Lipinski definition) is 4. The van der Waals surface area contributed by atoms with Crippen molar-refractivity contribution in [3.63, 3.8) is 0 Å². The summed E-state index contributed by atoms with van der Waals surface area (Å²) in [4.78, 5) is 24.2. The van der Waals surface area contributed by atoms with Crippen LogP contribution in [0.15, 0.2) is 48.5 Å². The summed E-state index contributed by atoms with van der Waals surface area (Å²) >= 11 is 0. The second kappa shape index (κ2) is 9.11. The Balaban J connectivity index is 1.76. The maximum absolute atomic E-state index is 12.1. The van der Waals surface area contributed by atoms with Gasteiger partial charge in [0, 0.05) is 37.8 Å². The summed E-state index contributed by atoms with van der Waals surface area (Å²) in [6.07, 6.45) is 0.614. The molecule has 2 atom stereocenters. The van der Waals surface area contributed by atoms with Crippen molar-refractivity contribution in [2.24, 2.45) is 0 Å². The number of carbonyl (C=O) groups is 2. The largest absolute Gasteiger partial charge is 0.457 e. The Bertz CT molecular complexity index is 1340. The molecule has 5 rings (SSSR count). The average Bonchev–Trinajstić information content (AvgIpc) is 2.81. The zero-order valence-electron chi connectivity index (χ0n) is 23.8. The summed E-state index contributed by atoms with van der Waals surface area (Å²) in [6.45, 7) is 16.2. The summed E-state index contributed by atoms with van der Waals surface area (Å²) in [5.74, 6) is -0.541. The molecule has 0 fully saturated rings. The molecule has 4 nitrogen and oxygen atoms in total. The van der Waals surface area contributed by atoms with Gasteiger partial charge in [-0.1, -0.05) is 90.1 Å². The fraction of sp³-hybridized carbons (Fsp3) is 0.412. The maximum Gasteiger partial charge on any atom is 0.303 e. The third-order valence-corrected chi connectivity index (χ3v) is 7.87. The number of esters is 2. The van der Waals surface area contributed by atoms with Crippen LogP contribution in [0.25, 0.3) is 22.3 Å². The van der Waals surface area contributed by atoms with Crippen molar-refractivity contribution in [1.82, 2.24) is 0 Å². The number of fused-ring (bicyclic) bond motifs is 7. The van der Waals surface area contributed by atoms with Gasteiger partial charge in [-0.25, -0.2) is 0 Å². The van der Waals surface area contributed by atoms with Gasteiger partial charge in [0.05, 0.1) is 0 Å². The van der Waals surface area contributed by atoms with E-state index in [1.807, 2.05) is 0 Å². The van der Waals surface area contributed by atoms with Gasteiger partial charge in [-0.2, -0.15) is 0 Å². The monoisotopic (exact) mass is 510 g/mol. The molecule has 0 radical (unpaired) electrons. The summed E-state index contributed by atoms with van der Waals surface area (Å²) in [5, 5.41) is 0. The molecule has 2 unspecified atom stereocenters. The Kier molecular flexibility index (Phi) is 6.29. The standard InChI is InChI=1S/C34H38O4/c1-19(35)37-29-15-21-9-10-22-16-30(38-20(2)36)28-18-24(34(6,7)8)12-14-26(28)32(22)31(21)25-13-11-23(17-27(25)29)33(3,4)5/h9-14,17-18,29-30H,15-16H2,1-8H3. The van der Waals surface area contributed by atoms with E-state index in [4.69, 9.17) is 9.47 Å². The lowest BCUT2D eigenvalue weighted by molar-refractivity contribution is -0.147. The van der Waals surface area contributed by atoms with Crippen LogP contribution in [0, 0.1) is 0 Å². The highest BCUT2D eigenvalue weighted by Gasteiger charge is 2.35. The Morgan fingerprint density at radius 1 is 0.632 bits per heavy atom. The van der Waals surface area contributed by atoms with Crippen molar-refractivity contribution in [2.45, 2.75) is 91.3 Å². The van der Waals surface area contributed by atoms with E-state index in [9.17, 15) is 9.59 Å². The molecule has 0 aromatic heterocycles. The Hall–Kier alpha value is -3.40. The molecule has 198 valence electrons. The quantitative estimate of drug-likeness (QED) is 0.328. The minimum Gasteiger partial charge on any atom is -0.457 e.